The third-order valence-corrected chi connectivity index (χ3v) is 1.41. The summed E-state index contributed by atoms with van der Waals surface area (Å²) < 4.78 is 25.2. The van der Waals surface area contributed by atoms with Crippen LogP contribution in [0.25, 0.3) is 0 Å². The Morgan fingerprint density at radius 1 is 1.29 bits per heavy atom. The van der Waals surface area contributed by atoms with Crippen LogP contribution in [0, 0.1) is 23.5 Å². The fourth-order valence-electron chi connectivity index (χ4n) is 0.799. The van der Waals surface area contributed by atoms with E-state index in [1.54, 1.807) is 0 Å². The molecule has 0 radical (unpaired) electrons. The molecule has 72 valence electrons. The van der Waals surface area contributed by atoms with Gasteiger partial charge in [-0.3, -0.25) is 4.79 Å². The summed E-state index contributed by atoms with van der Waals surface area (Å²) in [6.07, 6.45) is 0. The maximum atomic E-state index is 12.7. The van der Waals surface area contributed by atoms with E-state index in [0.29, 0.717) is 0 Å². The Bertz CT molecular complexity index is 446. The number of nitrogen functional groups attached to an aromatic ring is 1. The molecule has 0 atom stereocenters. The summed E-state index contributed by atoms with van der Waals surface area (Å²) >= 11 is 0. The third kappa shape index (κ3) is 2.20. The molecule has 1 rings (SSSR count). The number of hydrogen-bond donors (Lipinski definition) is 2. The summed E-state index contributed by atoms with van der Waals surface area (Å²) in [6.45, 7) is 0. The topological polar surface area (TPSA) is 69.1 Å². The monoisotopic (exact) mass is 196 g/mol. The number of benzene rings is 1. The van der Waals surface area contributed by atoms with Crippen molar-refractivity contribution >= 4 is 11.6 Å². The predicted molar refractivity (Wildman–Crippen MR) is 46.8 cm³/mol. The molecule has 3 nitrogen and oxygen atoms in total. The van der Waals surface area contributed by atoms with Gasteiger partial charge in [0.25, 0.3) is 5.91 Å². The third-order valence-electron chi connectivity index (χ3n) is 1.41. The highest BCUT2D eigenvalue weighted by Gasteiger charge is 2.05. The quantitative estimate of drug-likeness (QED) is 0.465. The molecule has 0 saturated carbocycles. The van der Waals surface area contributed by atoms with Crippen LogP contribution in [-0.2, 0) is 4.79 Å². The minimum atomic E-state index is -1.08. The summed E-state index contributed by atoms with van der Waals surface area (Å²) in [5.41, 5.74) is 10.0. The summed E-state index contributed by atoms with van der Waals surface area (Å²) in [5.74, 6) is 1.19. The maximum absolute atomic E-state index is 12.7. The Morgan fingerprint density at radius 2 is 1.86 bits per heavy atom. The molecule has 0 aliphatic carbocycles. The van der Waals surface area contributed by atoms with Crippen LogP contribution >= 0.6 is 0 Å². The van der Waals surface area contributed by atoms with E-state index in [1.807, 2.05) is 5.92 Å². The van der Waals surface area contributed by atoms with Crippen LogP contribution in [-0.4, -0.2) is 5.91 Å². The molecule has 0 saturated heterocycles. The number of carbonyl (C=O) groups excluding carboxylic acids is 1. The van der Waals surface area contributed by atoms with Crippen LogP contribution < -0.4 is 11.5 Å². The number of primary amides is 1. The second-order valence-electron chi connectivity index (χ2n) is 2.47. The van der Waals surface area contributed by atoms with E-state index < -0.39 is 17.5 Å². The average molecular weight is 196 g/mol. The highest BCUT2D eigenvalue weighted by Crippen LogP contribution is 2.15. The Kier molecular flexibility index (Phi) is 2.67. The summed E-state index contributed by atoms with van der Waals surface area (Å²) in [7, 11) is 0. The highest BCUT2D eigenvalue weighted by atomic mass is 19.2. The molecule has 4 N–H and O–H groups in total. The Balaban J connectivity index is 3.18. The average Bonchev–Trinajstić information content (AvgIpc) is 2.09. The van der Waals surface area contributed by atoms with Crippen molar-refractivity contribution in [1.82, 2.24) is 0 Å². The van der Waals surface area contributed by atoms with Crippen molar-refractivity contribution in [3.63, 3.8) is 0 Å². The predicted octanol–water partition coefficient (Wildman–Crippen LogP) is 0.384. The van der Waals surface area contributed by atoms with Gasteiger partial charge in [-0.25, -0.2) is 8.78 Å². The second-order valence-corrected chi connectivity index (χ2v) is 2.47. The van der Waals surface area contributed by atoms with Gasteiger partial charge >= 0.3 is 0 Å². The molecule has 0 aliphatic heterocycles. The highest BCUT2D eigenvalue weighted by molar-refractivity contribution is 5.92. The normalized spacial score (nSPS) is 9.00. The zero-order valence-electron chi connectivity index (χ0n) is 6.97. The summed E-state index contributed by atoms with van der Waals surface area (Å²) in [4.78, 5) is 10.3. The first-order valence-corrected chi connectivity index (χ1v) is 3.56. The molecule has 1 aromatic carbocycles. The summed E-state index contributed by atoms with van der Waals surface area (Å²) in [5, 5.41) is 0. The SMILES string of the molecule is NC(=O)C#Cc1cc(F)c(F)cc1N. The Hall–Kier alpha value is -2.09. The van der Waals surface area contributed by atoms with Crippen molar-refractivity contribution in [1.29, 1.82) is 0 Å². The fourth-order valence-corrected chi connectivity index (χ4v) is 0.799. The van der Waals surface area contributed by atoms with Crippen molar-refractivity contribution < 1.29 is 13.6 Å². The maximum Gasteiger partial charge on any atom is 0.293 e. The first-order chi connectivity index (χ1) is 6.50. The number of carbonyl (C=O) groups is 1. The number of nitrogens with two attached hydrogens (primary N) is 2. The van der Waals surface area contributed by atoms with Crippen molar-refractivity contribution in [2.75, 3.05) is 5.73 Å². The van der Waals surface area contributed by atoms with Gasteiger partial charge < -0.3 is 11.5 Å². The van der Waals surface area contributed by atoms with Gasteiger partial charge in [0.05, 0.1) is 11.3 Å². The Morgan fingerprint density at radius 3 is 2.43 bits per heavy atom. The van der Waals surface area contributed by atoms with Crippen molar-refractivity contribution in [2.24, 2.45) is 5.73 Å². The molecular weight excluding hydrogens is 190 g/mol. The van der Waals surface area contributed by atoms with Crippen LogP contribution in [0.4, 0.5) is 14.5 Å². The van der Waals surface area contributed by atoms with Crippen LogP contribution in [0.5, 0.6) is 0 Å². The van der Waals surface area contributed by atoms with E-state index in [4.69, 9.17) is 11.5 Å². The molecule has 0 unspecified atom stereocenters. The van der Waals surface area contributed by atoms with Gasteiger partial charge in [0.1, 0.15) is 0 Å². The smallest absolute Gasteiger partial charge is 0.293 e. The number of amides is 1. The molecule has 1 aromatic rings. The van der Waals surface area contributed by atoms with Crippen LogP contribution in [0.2, 0.25) is 0 Å². The molecule has 0 aliphatic rings. The van der Waals surface area contributed by atoms with E-state index in [2.05, 4.69) is 5.92 Å². The molecule has 0 heterocycles. The molecule has 5 heteroatoms. The van der Waals surface area contributed by atoms with Gasteiger partial charge in [-0.1, -0.05) is 5.92 Å². The van der Waals surface area contributed by atoms with Gasteiger partial charge in [0.15, 0.2) is 11.6 Å². The van der Waals surface area contributed by atoms with Crippen molar-refractivity contribution in [2.45, 2.75) is 0 Å². The first-order valence-electron chi connectivity index (χ1n) is 3.56. The fraction of sp³-hybridized carbons (Fsp3) is 0. The van der Waals surface area contributed by atoms with Crippen LogP contribution in [0.3, 0.4) is 0 Å². The second kappa shape index (κ2) is 3.75. The molecule has 1 amide bonds. The van der Waals surface area contributed by atoms with Crippen molar-refractivity contribution in [3.8, 4) is 11.8 Å². The van der Waals surface area contributed by atoms with Gasteiger partial charge in [-0.2, -0.15) is 0 Å². The molecule has 0 spiro atoms. The number of rotatable bonds is 0. The van der Waals surface area contributed by atoms with E-state index in [1.165, 1.54) is 0 Å². The van der Waals surface area contributed by atoms with Crippen LogP contribution in [0.15, 0.2) is 12.1 Å². The van der Waals surface area contributed by atoms with E-state index in [0.717, 1.165) is 12.1 Å². The molecule has 0 fully saturated rings. The zero-order chi connectivity index (χ0) is 10.7. The van der Waals surface area contributed by atoms with Gasteiger partial charge in [-0.05, 0) is 6.07 Å². The van der Waals surface area contributed by atoms with Gasteiger partial charge in [0.2, 0.25) is 0 Å². The van der Waals surface area contributed by atoms with Crippen LogP contribution in [0.1, 0.15) is 5.56 Å². The van der Waals surface area contributed by atoms with E-state index in [-0.39, 0.29) is 11.3 Å². The number of hydrogen-bond acceptors (Lipinski definition) is 2. The van der Waals surface area contributed by atoms with E-state index >= 15 is 0 Å². The Labute approximate surface area is 78.7 Å². The lowest BCUT2D eigenvalue weighted by Crippen LogP contribution is -2.06. The standard InChI is InChI=1S/C9H6F2N2O/c10-6-3-5(1-2-9(13)14)8(12)4-7(6)11/h3-4H,12H2,(H2,13,14). The summed E-state index contributed by atoms with van der Waals surface area (Å²) in [6, 6.07) is 1.60. The lowest BCUT2D eigenvalue weighted by Gasteiger charge is -1.98. The molecule has 0 bridgehead atoms. The largest absolute Gasteiger partial charge is 0.398 e. The minimum absolute atomic E-state index is 0.0303. The van der Waals surface area contributed by atoms with Gasteiger partial charge in [0, 0.05) is 12.0 Å². The first kappa shape index (κ1) is 9.99. The van der Waals surface area contributed by atoms with Gasteiger partial charge in [-0.15, -0.1) is 0 Å². The molecular formula is C9H6F2N2O. The van der Waals surface area contributed by atoms with E-state index in [9.17, 15) is 13.6 Å². The lowest BCUT2D eigenvalue weighted by atomic mass is 10.2. The lowest BCUT2D eigenvalue weighted by molar-refractivity contribution is -0.112. The number of anilines is 1. The van der Waals surface area contributed by atoms with Crippen molar-refractivity contribution in [3.05, 3.63) is 29.3 Å². The molecule has 0 aromatic heterocycles. The molecule has 14 heavy (non-hydrogen) atoms. The minimum Gasteiger partial charge on any atom is -0.398 e. The zero-order valence-corrected chi connectivity index (χ0v) is 6.97. The number of halogens is 2.